The Hall–Kier alpha value is -2.11. The molecule has 0 saturated carbocycles. The molecule has 0 radical (unpaired) electrons. The highest BCUT2D eigenvalue weighted by Gasteiger charge is 2.34. The van der Waals surface area contributed by atoms with E-state index in [1.807, 2.05) is 6.92 Å². The van der Waals surface area contributed by atoms with Crippen LogP contribution in [0.3, 0.4) is 0 Å². The predicted octanol–water partition coefficient (Wildman–Crippen LogP) is 1.16. The quantitative estimate of drug-likeness (QED) is 0.730. The van der Waals surface area contributed by atoms with Gasteiger partial charge in [-0.05, 0) is 19.4 Å². The number of hydrogen-bond acceptors (Lipinski definition) is 4. The molecule has 1 aromatic rings. The molecular weight excluding hydrogens is 236 g/mol. The van der Waals surface area contributed by atoms with E-state index in [2.05, 4.69) is 10.3 Å². The van der Waals surface area contributed by atoms with Gasteiger partial charge >= 0.3 is 5.97 Å². The molecule has 0 aliphatic heterocycles. The third-order valence-corrected chi connectivity index (χ3v) is 2.60. The number of carboxylic acids is 1. The van der Waals surface area contributed by atoms with Gasteiger partial charge in [0, 0.05) is 6.20 Å². The summed E-state index contributed by atoms with van der Waals surface area (Å²) in [5.41, 5.74) is -1.20. The molecule has 1 heterocycles. The molecule has 6 nitrogen and oxygen atoms in total. The second kappa shape index (κ2) is 5.48. The predicted molar refractivity (Wildman–Crippen MR) is 64.3 cm³/mol. The van der Waals surface area contributed by atoms with E-state index >= 15 is 0 Å². The Morgan fingerprint density at radius 1 is 1.44 bits per heavy atom. The Kier molecular flexibility index (Phi) is 4.25. The lowest BCUT2D eigenvalue weighted by Crippen LogP contribution is -2.52. The fourth-order valence-corrected chi connectivity index (χ4v) is 1.60. The van der Waals surface area contributed by atoms with E-state index in [1.54, 1.807) is 0 Å². The van der Waals surface area contributed by atoms with Crippen LogP contribution in [-0.4, -0.2) is 32.6 Å². The topological polar surface area (TPSA) is 99.5 Å². The first-order valence-electron chi connectivity index (χ1n) is 5.59. The molecule has 18 heavy (non-hydrogen) atoms. The Morgan fingerprint density at radius 3 is 2.61 bits per heavy atom. The molecule has 1 atom stereocenters. The maximum atomic E-state index is 11.9. The van der Waals surface area contributed by atoms with Gasteiger partial charge in [-0.2, -0.15) is 0 Å². The summed E-state index contributed by atoms with van der Waals surface area (Å²) in [5, 5.41) is 20.8. The van der Waals surface area contributed by atoms with Crippen LogP contribution in [-0.2, 0) is 4.79 Å². The van der Waals surface area contributed by atoms with Crippen LogP contribution >= 0.6 is 0 Å². The number of carbonyl (C=O) groups excluding carboxylic acids is 1. The van der Waals surface area contributed by atoms with Crippen molar-refractivity contribution in [2.24, 2.45) is 0 Å². The van der Waals surface area contributed by atoms with Gasteiger partial charge in [-0.15, -0.1) is 0 Å². The first kappa shape index (κ1) is 14.0. The molecule has 0 aliphatic carbocycles. The van der Waals surface area contributed by atoms with Crippen molar-refractivity contribution in [1.82, 2.24) is 10.3 Å². The zero-order valence-electron chi connectivity index (χ0n) is 10.3. The fourth-order valence-electron chi connectivity index (χ4n) is 1.60. The number of amides is 1. The number of aliphatic carboxylic acids is 1. The van der Waals surface area contributed by atoms with E-state index in [-0.39, 0.29) is 11.3 Å². The van der Waals surface area contributed by atoms with Crippen molar-refractivity contribution < 1.29 is 19.8 Å². The molecular formula is C12H16N2O4. The number of aromatic nitrogens is 1. The zero-order valence-corrected chi connectivity index (χ0v) is 10.3. The molecule has 0 bridgehead atoms. The smallest absolute Gasteiger partial charge is 0.329 e. The minimum absolute atomic E-state index is 0.124. The van der Waals surface area contributed by atoms with Crippen molar-refractivity contribution in [1.29, 1.82) is 0 Å². The minimum atomic E-state index is -1.32. The highest BCUT2D eigenvalue weighted by molar-refractivity contribution is 5.97. The highest BCUT2D eigenvalue weighted by atomic mass is 16.4. The third-order valence-electron chi connectivity index (χ3n) is 2.60. The molecule has 0 fully saturated rings. The average Bonchev–Trinajstić information content (AvgIpc) is 2.29. The van der Waals surface area contributed by atoms with Crippen LogP contribution in [0, 0.1) is 0 Å². The second-order valence-corrected chi connectivity index (χ2v) is 4.27. The standard InChI is InChI=1S/C12H16N2O4/c1-3-4-12(2,11(17)18)14-10(16)8-5-9(15)7-13-6-8/h5-7,15H,3-4H2,1-2H3,(H,14,16)(H,17,18). The van der Waals surface area contributed by atoms with E-state index in [0.29, 0.717) is 12.8 Å². The summed E-state index contributed by atoms with van der Waals surface area (Å²) in [6.45, 7) is 3.29. The maximum absolute atomic E-state index is 11.9. The van der Waals surface area contributed by atoms with Crippen LogP contribution in [0.5, 0.6) is 5.75 Å². The monoisotopic (exact) mass is 252 g/mol. The van der Waals surface area contributed by atoms with Crippen molar-refractivity contribution in [3.63, 3.8) is 0 Å². The first-order chi connectivity index (χ1) is 8.39. The van der Waals surface area contributed by atoms with Crippen molar-refractivity contribution in [3.8, 4) is 5.75 Å². The number of aromatic hydroxyl groups is 1. The zero-order chi connectivity index (χ0) is 13.8. The maximum Gasteiger partial charge on any atom is 0.329 e. The molecule has 98 valence electrons. The molecule has 1 unspecified atom stereocenters. The van der Waals surface area contributed by atoms with E-state index in [4.69, 9.17) is 5.11 Å². The number of carboxylic acid groups (broad SMARTS) is 1. The van der Waals surface area contributed by atoms with Crippen LogP contribution in [0.15, 0.2) is 18.5 Å². The molecule has 0 saturated heterocycles. The van der Waals surface area contributed by atoms with Crippen LogP contribution in [0.1, 0.15) is 37.0 Å². The lowest BCUT2D eigenvalue weighted by Gasteiger charge is -2.25. The van der Waals surface area contributed by atoms with Crippen LogP contribution in [0.25, 0.3) is 0 Å². The summed E-state index contributed by atoms with van der Waals surface area (Å²) in [6.07, 6.45) is 3.41. The van der Waals surface area contributed by atoms with Gasteiger partial charge in [0.25, 0.3) is 5.91 Å². The molecule has 1 aromatic heterocycles. The first-order valence-corrected chi connectivity index (χ1v) is 5.59. The largest absolute Gasteiger partial charge is 0.506 e. The van der Waals surface area contributed by atoms with E-state index in [1.165, 1.54) is 25.4 Å². The SMILES string of the molecule is CCCC(C)(NC(=O)c1cncc(O)c1)C(=O)O. The van der Waals surface area contributed by atoms with Crippen molar-refractivity contribution >= 4 is 11.9 Å². The fraction of sp³-hybridized carbons (Fsp3) is 0.417. The van der Waals surface area contributed by atoms with Gasteiger partial charge in [0.1, 0.15) is 11.3 Å². The third kappa shape index (κ3) is 3.19. The van der Waals surface area contributed by atoms with Crippen LogP contribution in [0.4, 0.5) is 0 Å². The summed E-state index contributed by atoms with van der Waals surface area (Å²) < 4.78 is 0. The second-order valence-electron chi connectivity index (χ2n) is 4.27. The molecule has 1 rings (SSSR count). The Balaban J connectivity index is 2.88. The van der Waals surface area contributed by atoms with Crippen molar-refractivity contribution in [2.45, 2.75) is 32.2 Å². The lowest BCUT2D eigenvalue weighted by molar-refractivity contribution is -0.144. The molecule has 0 aliphatic rings. The number of nitrogens with one attached hydrogen (secondary N) is 1. The van der Waals surface area contributed by atoms with Gasteiger partial charge in [0.2, 0.25) is 0 Å². The highest BCUT2D eigenvalue weighted by Crippen LogP contribution is 2.15. The van der Waals surface area contributed by atoms with E-state index in [0.717, 1.165) is 0 Å². The molecule has 0 aromatic carbocycles. The Bertz CT molecular complexity index is 461. The van der Waals surface area contributed by atoms with Crippen LogP contribution < -0.4 is 5.32 Å². The van der Waals surface area contributed by atoms with Gasteiger partial charge in [-0.3, -0.25) is 9.78 Å². The summed E-state index contributed by atoms with van der Waals surface area (Å²) in [6, 6.07) is 1.23. The Morgan fingerprint density at radius 2 is 2.11 bits per heavy atom. The van der Waals surface area contributed by atoms with Gasteiger partial charge in [0.15, 0.2) is 0 Å². The molecule has 3 N–H and O–H groups in total. The van der Waals surface area contributed by atoms with Crippen molar-refractivity contribution in [2.75, 3.05) is 0 Å². The van der Waals surface area contributed by atoms with E-state index in [9.17, 15) is 14.7 Å². The number of nitrogens with zero attached hydrogens (tertiary/aromatic N) is 1. The summed E-state index contributed by atoms with van der Waals surface area (Å²) in [4.78, 5) is 26.7. The average molecular weight is 252 g/mol. The number of carbonyl (C=O) groups is 2. The molecule has 6 heteroatoms. The normalized spacial score (nSPS) is 13.7. The van der Waals surface area contributed by atoms with Gasteiger partial charge in [-0.25, -0.2) is 4.79 Å². The molecule has 1 amide bonds. The number of rotatable bonds is 5. The summed E-state index contributed by atoms with van der Waals surface area (Å²) in [7, 11) is 0. The van der Waals surface area contributed by atoms with Gasteiger partial charge in [-0.1, -0.05) is 13.3 Å². The Labute approximate surface area is 105 Å². The van der Waals surface area contributed by atoms with Gasteiger partial charge < -0.3 is 15.5 Å². The van der Waals surface area contributed by atoms with Crippen LogP contribution in [0.2, 0.25) is 0 Å². The lowest BCUT2D eigenvalue weighted by atomic mass is 9.96. The minimum Gasteiger partial charge on any atom is -0.506 e. The van der Waals surface area contributed by atoms with E-state index < -0.39 is 17.4 Å². The number of pyridine rings is 1. The molecule has 0 spiro atoms. The summed E-state index contributed by atoms with van der Waals surface area (Å²) in [5.74, 6) is -1.81. The van der Waals surface area contributed by atoms with Gasteiger partial charge in [0.05, 0.1) is 11.8 Å². The number of hydrogen-bond donors (Lipinski definition) is 3. The summed E-state index contributed by atoms with van der Waals surface area (Å²) >= 11 is 0. The van der Waals surface area contributed by atoms with Crippen molar-refractivity contribution in [3.05, 3.63) is 24.0 Å².